The molecule has 0 aromatic rings. The predicted molar refractivity (Wildman–Crippen MR) is 49.0 cm³/mol. The van der Waals surface area contributed by atoms with E-state index in [1.807, 2.05) is 0 Å². The van der Waals surface area contributed by atoms with Gasteiger partial charge in [0.2, 0.25) is 5.78 Å². The summed E-state index contributed by atoms with van der Waals surface area (Å²) in [5.41, 5.74) is -0.188. The molecule has 0 heterocycles. The fourth-order valence-electron chi connectivity index (χ4n) is 0.890. The van der Waals surface area contributed by atoms with Gasteiger partial charge in [0, 0.05) is 0 Å². The molecule has 1 atom stereocenters. The number of hydrogen-bond acceptors (Lipinski definition) is 3. The first-order valence-electron chi connectivity index (χ1n) is 3.93. The minimum Gasteiger partial charge on any atom is -0.481 e. The highest BCUT2D eigenvalue weighted by Crippen LogP contribution is 2.08. The third kappa shape index (κ3) is 2.82. The van der Waals surface area contributed by atoms with Crippen LogP contribution in [0.25, 0.3) is 0 Å². The highest BCUT2D eigenvalue weighted by Gasteiger charge is 2.25. The molecule has 4 nitrogen and oxygen atoms in total. The molecule has 13 heavy (non-hydrogen) atoms. The minimum absolute atomic E-state index is 0.199. The lowest BCUT2D eigenvalue weighted by Crippen LogP contribution is -2.29. The van der Waals surface area contributed by atoms with Gasteiger partial charge < -0.3 is 10.5 Å². The van der Waals surface area contributed by atoms with Gasteiger partial charge >= 0.3 is 5.97 Å². The molecule has 2 N–H and O–H groups in total. The number of hydrogen-bond donors (Lipinski definition) is 2. The Morgan fingerprint density at radius 3 is 2.23 bits per heavy atom. The van der Waals surface area contributed by atoms with Crippen molar-refractivity contribution >= 4 is 17.5 Å². The van der Waals surface area contributed by atoms with Crippen LogP contribution in [0.3, 0.4) is 0 Å². The topological polar surface area (TPSA) is 78.2 Å². The summed E-state index contributed by atoms with van der Waals surface area (Å²) in [4.78, 5) is 21.7. The number of rotatable bonds is 5. The molecular formula is C9H13NO3. The molecule has 0 unspecified atom stereocenters. The molecule has 0 radical (unpaired) electrons. The Morgan fingerprint density at radius 1 is 1.54 bits per heavy atom. The van der Waals surface area contributed by atoms with Crippen LogP contribution in [0.2, 0.25) is 0 Å². The van der Waals surface area contributed by atoms with Crippen LogP contribution in [-0.2, 0) is 9.59 Å². The molecule has 0 aromatic carbocycles. The third-order valence-corrected chi connectivity index (χ3v) is 1.69. The Bertz CT molecular complexity index is 268. The van der Waals surface area contributed by atoms with E-state index in [9.17, 15) is 9.59 Å². The van der Waals surface area contributed by atoms with Crippen LogP contribution in [0.4, 0.5) is 0 Å². The first kappa shape index (κ1) is 11.6. The monoisotopic (exact) mass is 183 g/mol. The number of allylic oxidation sites excluding steroid dienone is 1. The van der Waals surface area contributed by atoms with Crippen molar-refractivity contribution in [3.8, 4) is 0 Å². The molecule has 0 spiro atoms. The summed E-state index contributed by atoms with van der Waals surface area (Å²) < 4.78 is 0. The molecule has 0 aliphatic heterocycles. The molecule has 0 saturated heterocycles. The normalized spacial score (nSPS) is 11.8. The van der Waals surface area contributed by atoms with Crippen LogP contribution >= 0.6 is 0 Å². The van der Waals surface area contributed by atoms with Crippen molar-refractivity contribution < 1.29 is 14.7 Å². The first-order chi connectivity index (χ1) is 5.91. The van der Waals surface area contributed by atoms with Crippen molar-refractivity contribution in [1.29, 1.82) is 5.41 Å². The molecule has 0 aromatic heterocycles. The van der Waals surface area contributed by atoms with Gasteiger partial charge in [-0.3, -0.25) is 9.59 Å². The highest BCUT2D eigenvalue weighted by atomic mass is 16.4. The van der Waals surface area contributed by atoms with E-state index in [1.165, 1.54) is 6.92 Å². The molecule has 0 aliphatic rings. The van der Waals surface area contributed by atoms with Crippen LogP contribution in [0.1, 0.15) is 20.3 Å². The number of nitrogens with one attached hydrogen (secondary N) is 1. The van der Waals surface area contributed by atoms with E-state index in [1.54, 1.807) is 6.92 Å². The van der Waals surface area contributed by atoms with E-state index in [-0.39, 0.29) is 17.7 Å². The third-order valence-electron chi connectivity index (χ3n) is 1.69. The lowest BCUT2D eigenvalue weighted by Gasteiger charge is -2.09. The molecule has 0 fully saturated rings. The second-order valence-electron chi connectivity index (χ2n) is 2.82. The van der Waals surface area contributed by atoms with Gasteiger partial charge in [0.25, 0.3) is 0 Å². The summed E-state index contributed by atoms with van der Waals surface area (Å²) in [5, 5.41) is 16.0. The van der Waals surface area contributed by atoms with Crippen molar-refractivity contribution in [2.24, 2.45) is 5.92 Å². The molecular weight excluding hydrogens is 170 g/mol. The lowest BCUT2D eigenvalue weighted by molar-refractivity contribution is -0.139. The van der Waals surface area contributed by atoms with Gasteiger partial charge in [-0.05, 0) is 18.9 Å². The summed E-state index contributed by atoms with van der Waals surface area (Å²) in [5.74, 6) is -2.72. The maximum Gasteiger partial charge on any atom is 0.312 e. The number of carbonyl (C=O) groups is 2. The average Bonchev–Trinajstić information content (AvgIpc) is 2.03. The minimum atomic E-state index is -1.14. The van der Waals surface area contributed by atoms with Gasteiger partial charge in [0.05, 0.1) is 5.71 Å². The molecule has 0 aliphatic carbocycles. The predicted octanol–water partition coefficient (Wildman–Crippen LogP) is 1.26. The largest absolute Gasteiger partial charge is 0.481 e. The fraction of sp³-hybridized carbons (Fsp3) is 0.444. The number of Topliss-reactive ketones (excluding diaryl/α,β-unsaturated/α-hetero) is 1. The zero-order chi connectivity index (χ0) is 10.6. The van der Waals surface area contributed by atoms with Gasteiger partial charge in [-0.2, -0.15) is 0 Å². The number of aliphatic carboxylic acids is 1. The van der Waals surface area contributed by atoms with Crippen LogP contribution in [0.15, 0.2) is 12.2 Å². The first-order valence-corrected chi connectivity index (χ1v) is 3.93. The second kappa shape index (κ2) is 4.54. The smallest absolute Gasteiger partial charge is 0.312 e. The maximum absolute atomic E-state index is 11.2. The van der Waals surface area contributed by atoms with Gasteiger partial charge in [0.15, 0.2) is 0 Å². The fourth-order valence-corrected chi connectivity index (χ4v) is 0.890. The molecule has 0 rings (SSSR count). The summed E-state index contributed by atoms with van der Waals surface area (Å²) >= 11 is 0. The summed E-state index contributed by atoms with van der Waals surface area (Å²) in [6, 6.07) is 0. The Kier molecular flexibility index (Phi) is 4.04. The molecule has 0 saturated carbocycles. The van der Waals surface area contributed by atoms with Crippen molar-refractivity contribution in [1.82, 2.24) is 0 Å². The maximum atomic E-state index is 11.2. The molecule has 0 bridgehead atoms. The van der Waals surface area contributed by atoms with Crippen LogP contribution in [0, 0.1) is 11.3 Å². The lowest BCUT2D eigenvalue weighted by atomic mass is 9.95. The number of carboxylic acids is 1. The van der Waals surface area contributed by atoms with Crippen LogP contribution < -0.4 is 0 Å². The molecule has 72 valence electrons. The zero-order valence-electron chi connectivity index (χ0n) is 7.76. The van der Waals surface area contributed by atoms with Gasteiger partial charge in [-0.1, -0.05) is 13.5 Å². The van der Waals surface area contributed by atoms with Gasteiger partial charge in [-0.25, -0.2) is 0 Å². The number of carboxylic acid groups (broad SMARTS) is 1. The van der Waals surface area contributed by atoms with E-state index in [0.717, 1.165) is 0 Å². The molecule has 0 amide bonds. The Labute approximate surface area is 76.8 Å². The zero-order valence-corrected chi connectivity index (χ0v) is 7.76. The van der Waals surface area contributed by atoms with E-state index >= 15 is 0 Å². The Morgan fingerprint density at radius 2 is 2.00 bits per heavy atom. The average molecular weight is 183 g/mol. The van der Waals surface area contributed by atoms with Crippen molar-refractivity contribution in [3.63, 3.8) is 0 Å². The SMILES string of the molecule is C=C(C)C(=O)C(=N)[C@@H](CC)C(=O)O. The van der Waals surface area contributed by atoms with Crippen LogP contribution in [0.5, 0.6) is 0 Å². The van der Waals surface area contributed by atoms with Crippen molar-refractivity contribution in [2.45, 2.75) is 20.3 Å². The summed E-state index contributed by atoms with van der Waals surface area (Å²) in [6.07, 6.45) is 0.243. The molecule has 4 heteroatoms. The summed E-state index contributed by atoms with van der Waals surface area (Å²) in [7, 11) is 0. The Balaban J connectivity index is 4.66. The van der Waals surface area contributed by atoms with Gasteiger partial charge in [0.1, 0.15) is 5.92 Å². The van der Waals surface area contributed by atoms with Gasteiger partial charge in [-0.15, -0.1) is 0 Å². The van der Waals surface area contributed by atoms with Crippen molar-refractivity contribution in [3.05, 3.63) is 12.2 Å². The quantitative estimate of drug-likeness (QED) is 0.497. The Hall–Kier alpha value is -1.45. The standard InChI is InChI=1S/C9H13NO3/c1-4-6(9(12)13)7(10)8(11)5(2)3/h6,10H,2,4H2,1,3H3,(H,12,13)/t6-/m1/s1. The van der Waals surface area contributed by atoms with E-state index < -0.39 is 17.7 Å². The van der Waals surface area contributed by atoms with E-state index in [2.05, 4.69) is 6.58 Å². The van der Waals surface area contributed by atoms with Crippen LogP contribution in [-0.4, -0.2) is 22.6 Å². The van der Waals surface area contributed by atoms with Crippen molar-refractivity contribution in [2.75, 3.05) is 0 Å². The highest BCUT2D eigenvalue weighted by molar-refractivity contribution is 6.47. The summed E-state index contributed by atoms with van der Waals surface area (Å²) in [6.45, 7) is 6.46. The van der Waals surface area contributed by atoms with E-state index in [4.69, 9.17) is 10.5 Å². The number of carbonyl (C=O) groups excluding carboxylic acids is 1. The van der Waals surface area contributed by atoms with E-state index in [0.29, 0.717) is 0 Å². The second-order valence-corrected chi connectivity index (χ2v) is 2.82. The number of ketones is 1.